The van der Waals surface area contributed by atoms with Gasteiger partial charge in [-0.2, -0.15) is 5.26 Å². The van der Waals surface area contributed by atoms with Crippen LogP contribution in [0.15, 0.2) is 48.0 Å². The Kier molecular flexibility index (Phi) is 9.44. The standard InChI is InChI=1S/C25H31N3O3/c1-5-6-7-8-15-31-23-14-9-19(17-24(23)30-4)16-20(18-26)25(29)27-21-10-12-22(13-11-21)28(2)3/h9-14,16-17H,5-8,15H2,1-4H3,(H,27,29)/b20-16+. The van der Waals surface area contributed by atoms with Crippen LogP contribution in [0.2, 0.25) is 0 Å². The highest BCUT2D eigenvalue weighted by Gasteiger charge is 2.11. The summed E-state index contributed by atoms with van der Waals surface area (Å²) in [6.45, 7) is 2.80. The Morgan fingerprint density at radius 3 is 2.45 bits per heavy atom. The molecule has 2 aromatic rings. The lowest BCUT2D eigenvalue weighted by molar-refractivity contribution is -0.112. The summed E-state index contributed by atoms with van der Waals surface area (Å²) in [4.78, 5) is 14.5. The van der Waals surface area contributed by atoms with Crippen LogP contribution in [-0.2, 0) is 4.79 Å². The number of anilines is 2. The van der Waals surface area contributed by atoms with Crippen molar-refractivity contribution in [1.82, 2.24) is 0 Å². The fourth-order valence-corrected chi connectivity index (χ4v) is 2.96. The van der Waals surface area contributed by atoms with Crippen molar-refractivity contribution in [3.63, 3.8) is 0 Å². The van der Waals surface area contributed by atoms with E-state index in [0.717, 1.165) is 18.5 Å². The first-order valence-corrected chi connectivity index (χ1v) is 10.5. The molecule has 0 aliphatic rings. The normalized spacial score (nSPS) is 10.9. The van der Waals surface area contributed by atoms with Crippen molar-refractivity contribution < 1.29 is 14.3 Å². The average Bonchev–Trinajstić information content (AvgIpc) is 2.78. The minimum absolute atomic E-state index is 0.00646. The third-order valence-electron chi connectivity index (χ3n) is 4.76. The summed E-state index contributed by atoms with van der Waals surface area (Å²) < 4.78 is 11.2. The van der Waals surface area contributed by atoms with Crippen LogP contribution in [0, 0.1) is 11.3 Å². The molecule has 1 N–H and O–H groups in total. The van der Waals surface area contributed by atoms with Crippen molar-refractivity contribution in [2.75, 3.05) is 38.0 Å². The second kappa shape index (κ2) is 12.3. The van der Waals surface area contributed by atoms with Crippen molar-refractivity contribution in [3.05, 3.63) is 53.6 Å². The van der Waals surface area contributed by atoms with Crippen molar-refractivity contribution in [3.8, 4) is 17.6 Å². The summed E-state index contributed by atoms with van der Waals surface area (Å²) in [7, 11) is 5.46. The van der Waals surface area contributed by atoms with Crippen molar-refractivity contribution >= 4 is 23.4 Å². The number of nitriles is 1. The Labute approximate surface area is 185 Å². The molecule has 164 valence electrons. The molecule has 2 aromatic carbocycles. The van der Waals surface area contributed by atoms with Crippen LogP contribution in [0.4, 0.5) is 11.4 Å². The zero-order chi connectivity index (χ0) is 22.6. The van der Waals surface area contributed by atoms with Gasteiger partial charge in [-0.25, -0.2) is 0 Å². The van der Waals surface area contributed by atoms with E-state index in [9.17, 15) is 10.1 Å². The van der Waals surface area contributed by atoms with Gasteiger partial charge in [-0.1, -0.05) is 32.3 Å². The molecule has 6 heteroatoms. The molecule has 0 saturated heterocycles. The summed E-state index contributed by atoms with van der Waals surface area (Å²) in [5.41, 5.74) is 2.34. The van der Waals surface area contributed by atoms with E-state index < -0.39 is 5.91 Å². The number of nitrogens with zero attached hydrogens (tertiary/aromatic N) is 2. The molecule has 0 aliphatic carbocycles. The number of hydrogen-bond donors (Lipinski definition) is 1. The van der Waals surface area contributed by atoms with E-state index >= 15 is 0 Å². The topological polar surface area (TPSA) is 74.6 Å². The molecular formula is C25H31N3O3. The monoisotopic (exact) mass is 421 g/mol. The SMILES string of the molecule is CCCCCCOc1ccc(/C=C(\C#N)C(=O)Nc2ccc(N(C)C)cc2)cc1OC. The number of unbranched alkanes of at least 4 members (excludes halogenated alkanes) is 3. The molecule has 0 aromatic heterocycles. The number of nitrogens with one attached hydrogen (secondary N) is 1. The smallest absolute Gasteiger partial charge is 0.266 e. The molecule has 0 radical (unpaired) electrons. The highest BCUT2D eigenvalue weighted by atomic mass is 16.5. The third kappa shape index (κ3) is 7.38. The average molecular weight is 422 g/mol. The Balaban J connectivity index is 2.08. The summed E-state index contributed by atoms with van der Waals surface area (Å²) in [5.74, 6) is 0.761. The number of ether oxygens (including phenoxy) is 2. The van der Waals surface area contributed by atoms with Gasteiger partial charge in [-0.15, -0.1) is 0 Å². The molecule has 1 amide bonds. The summed E-state index contributed by atoms with van der Waals surface area (Å²) in [6.07, 6.45) is 6.05. The molecule has 2 rings (SSSR count). The van der Waals surface area contributed by atoms with Crippen molar-refractivity contribution in [2.24, 2.45) is 0 Å². The van der Waals surface area contributed by atoms with Crippen molar-refractivity contribution in [1.29, 1.82) is 5.26 Å². The van der Waals surface area contributed by atoms with Gasteiger partial charge in [0.25, 0.3) is 5.91 Å². The predicted molar refractivity (Wildman–Crippen MR) is 126 cm³/mol. The van der Waals surface area contributed by atoms with Gasteiger partial charge < -0.3 is 19.7 Å². The Morgan fingerprint density at radius 2 is 1.84 bits per heavy atom. The van der Waals surface area contributed by atoms with Crippen LogP contribution in [0.3, 0.4) is 0 Å². The molecule has 0 atom stereocenters. The highest BCUT2D eigenvalue weighted by molar-refractivity contribution is 6.09. The maximum atomic E-state index is 12.5. The summed E-state index contributed by atoms with van der Waals surface area (Å²) in [5, 5.41) is 12.2. The van der Waals surface area contributed by atoms with E-state index in [0.29, 0.717) is 29.4 Å². The van der Waals surface area contributed by atoms with Crippen LogP contribution in [0.25, 0.3) is 6.08 Å². The van der Waals surface area contributed by atoms with Gasteiger partial charge in [0.05, 0.1) is 13.7 Å². The Bertz CT molecular complexity index is 928. The van der Waals surface area contributed by atoms with Gasteiger partial charge >= 0.3 is 0 Å². The minimum atomic E-state index is -0.463. The van der Waals surface area contributed by atoms with Crippen LogP contribution in [0.1, 0.15) is 38.2 Å². The first kappa shape index (κ1) is 23.8. The number of rotatable bonds is 11. The molecule has 0 bridgehead atoms. The first-order chi connectivity index (χ1) is 15.0. The number of carbonyl (C=O) groups is 1. The molecule has 31 heavy (non-hydrogen) atoms. The van der Waals surface area contributed by atoms with Crippen LogP contribution >= 0.6 is 0 Å². The second-order valence-electron chi connectivity index (χ2n) is 7.38. The van der Waals surface area contributed by atoms with E-state index in [1.54, 1.807) is 37.4 Å². The van der Waals surface area contributed by atoms with Gasteiger partial charge in [0.2, 0.25) is 0 Å². The molecule has 0 aliphatic heterocycles. The molecule has 0 saturated carbocycles. The van der Waals surface area contributed by atoms with E-state index in [4.69, 9.17) is 9.47 Å². The van der Waals surface area contributed by atoms with Crippen LogP contribution in [0.5, 0.6) is 11.5 Å². The second-order valence-corrected chi connectivity index (χ2v) is 7.38. The predicted octanol–water partition coefficient (Wildman–Crippen LogP) is 5.27. The van der Waals surface area contributed by atoms with Gasteiger partial charge in [0, 0.05) is 25.5 Å². The molecular weight excluding hydrogens is 390 g/mol. The lowest BCUT2D eigenvalue weighted by Crippen LogP contribution is -2.14. The molecule has 0 fully saturated rings. The maximum Gasteiger partial charge on any atom is 0.266 e. The van der Waals surface area contributed by atoms with E-state index in [1.165, 1.54) is 18.9 Å². The lowest BCUT2D eigenvalue weighted by Gasteiger charge is -2.13. The first-order valence-electron chi connectivity index (χ1n) is 10.5. The van der Waals surface area contributed by atoms with Crippen LogP contribution < -0.4 is 19.7 Å². The molecule has 0 unspecified atom stereocenters. The number of methoxy groups -OCH3 is 1. The molecule has 6 nitrogen and oxygen atoms in total. The van der Waals surface area contributed by atoms with Crippen molar-refractivity contribution in [2.45, 2.75) is 32.6 Å². The van der Waals surface area contributed by atoms with Crippen LogP contribution in [-0.4, -0.2) is 33.7 Å². The summed E-state index contributed by atoms with van der Waals surface area (Å²) >= 11 is 0. The highest BCUT2D eigenvalue weighted by Crippen LogP contribution is 2.29. The Morgan fingerprint density at radius 1 is 1.10 bits per heavy atom. The fourth-order valence-electron chi connectivity index (χ4n) is 2.96. The largest absolute Gasteiger partial charge is 0.493 e. The number of amides is 1. The van der Waals surface area contributed by atoms with E-state index in [1.807, 2.05) is 37.2 Å². The fraction of sp³-hybridized carbons (Fsp3) is 0.360. The van der Waals surface area contributed by atoms with Gasteiger partial charge in [0.15, 0.2) is 11.5 Å². The number of hydrogen-bond acceptors (Lipinski definition) is 5. The molecule has 0 spiro atoms. The quantitative estimate of drug-likeness (QED) is 0.304. The zero-order valence-electron chi connectivity index (χ0n) is 18.8. The number of benzene rings is 2. The van der Waals surface area contributed by atoms with Gasteiger partial charge in [-0.05, 0) is 54.5 Å². The zero-order valence-corrected chi connectivity index (χ0v) is 18.8. The molecule has 0 heterocycles. The minimum Gasteiger partial charge on any atom is -0.493 e. The van der Waals surface area contributed by atoms with E-state index in [2.05, 4.69) is 12.2 Å². The van der Waals surface area contributed by atoms with Gasteiger partial charge in [0.1, 0.15) is 11.6 Å². The number of carbonyl (C=O) groups excluding carboxylic acids is 1. The van der Waals surface area contributed by atoms with E-state index in [-0.39, 0.29) is 5.57 Å². The summed E-state index contributed by atoms with van der Waals surface area (Å²) in [6, 6.07) is 14.8. The Hall–Kier alpha value is -3.46. The van der Waals surface area contributed by atoms with Gasteiger partial charge in [-0.3, -0.25) is 4.79 Å². The lowest BCUT2D eigenvalue weighted by atomic mass is 10.1. The maximum absolute atomic E-state index is 12.5. The third-order valence-corrected chi connectivity index (χ3v) is 4.76.